The van der Waals surface area contributed by atoms with Gasteiger partial charge in [-0.1, -0.05) is 11.6 Å². The minimum absolute atomic E-state index is 0.553. The number of aromatic nitrogens is 2. The lowest BCUT2D eigenvalue weighted by Gasteiger charge is -2.14. The van der Waals surface area contributed by atoms with Crippen molar-refractivity contribution in [2.45, 2.75) is 12.8 Å². The number of hydrogen-bond donors (Lipinski definition) is 0. The van der Waals surface area contributed by atoms with Gasteiger partial charge in [-0.25, -0.2) is 4.98 Å². The second-order valence-electron chi connectivity index (χ2n) is 3.00. The van der Waals surface area contributed by atoms with Gasteiger partial charge in [-0.15, -0.1) is 0 Å². The maximum atomic E-state index is 5.91. The minimum atomic E-state index is 0.553. The van der Waals surface area contributed by atoms with E-state index in [1.165, 1.54) is 12.8 Å². The fraction of sp³-hybridized carbons (Fsp3) is 0.500. The van der Waals surface area contributed by atoms with E-state index in [0.717, 1.165) is 22.6 Å². The van der Waals surface area contributed by atoms with Crippen LogP contribution in [0.25, 0.3) is 0 Å². The Morgan fingerprint density at radius 2 is 2.08 bits per heavy atom. The van der Waals surface area contributed by atoms with Gasteiger partial charge in [0.05, 0.1) is 3.57 Å². The fourth-order valence-corrected chi connectivity index (χ4v) is 1.79. The van der Waals surface area contributed by atoms with E-state index in [4.69, 9.17) is 11.6 Å². The Balaban J connectivity index is 2.25. The first-order chi connectivity index (χ1) is 6.27. The van der Waals surface area contributed by atoms with Gasteiger partial charge >= 0.3 is 0 Å². The van der Waals surface area contributed by atoms with E-state index in [9.17, 15) is 0 Å². The molecule has 0 radical (unpaired) electrons. The van der Waals surface area contributed by atoms with Crippen molar-refractivity contribution in [3.05, 3.63) is 14.9 Å². The molecule has 0 atom stereocenters. The molecule has 1 fully saturated rings. The van der Waals surface area contributed by atoms with Crippen LogP contribution in [0.5, 0.6) is 0 Å². The van der Waals surface area contributed by atoms with Gasteiger partial charge in [0, 0.05) is 19.3 Å². The first kappa shape index (κ1) is 9.45. The van der Waals surface area contributed by atoms with Crippen molar-refractivity contribution in [3.8, 4) is 0 Å². The molecule has 0 aliphatic carbocycles. The monoisotopic (exact) mass is 309 g/mol. The van der Waals surface area contributed by atoms with Gasteiger partial charge in [0.1, 0.15) is 5.15 Å². The highest BCUT2D eigenvalue weighted by Gasteiger charge is 2.15. The topological polar surface area (TPSA) is 29.0 Å². The first-order valence-corrected chi connectivity index (χ1v) is 5.66. The van der Waals surface area contributed by atoms with Crippen molar-refractivity contribution >= 4 is 40.1 Å². The molecule has 3 nitrogen and oxygen atoms in total. The van der Waals surface area contributed by atoms with E-state index >= 15 is 0 Å². The van der Waals surface area contributed by atoms with Gasteiger partial charge in [0.25, 0.3) is 0 Å². The summed E-state index contributed by atoms with van der Waals surface area (Å²) in [4.78, 5) is 10.6. The number of halogens is 2. The van der Waals surface area contributed by atoms with Crippen LogP contribution in [0, 0.1) is 3.57 Å². The lowest BCUT2D eigenvalue weighted by Crippen LogP contribution is -2.20. The molecule has 1 aromatic rings. The zero-order valence-electron chi connectivity index (χ0n) is 7.00. The van der Waals surface area contributed by atoms with E-state index in [-0.39, 0.29) is 0 Å². The van der Waals surface area contributed by atoms with Crippen LogP contribution in [0.1, 0.15) is 12.8 Å². The molecule has 0 amide bonds. The summed E-state index contributed by atoms with van der Waals surface area (Å²) in [6.07, 6.45) is 4.23. The third-order valence-corrected chi connectivity index (χ3v) is 3.47. The van der Waals surface area contributed by atoms with Crippen LogP contribution in [-0.2, 0) is 0 Å². The maximum absolute atomic E-state index is 5.91. The summed E-state index contributed by atoms with van der Waals surface area (Å²) in [6.45, 7) is 2.11. The van der Waals surface area contributed by atoms with E-state index in [1.54, 1.807) is 6.20 Å². The lowest BCUT2D eigenvalue weighted by atomic mass is 10.4. The fourth-order valence-electron chi connectivity index (χ4n) is 1.41. The predicted octanol–water partition coefficient (Wildman–Crippen LogP) is 2.33. The molecular weight excluding hydrogens is 300 g/mol. The smallest absolute Gasteiger partial charge is 0.226 e. The van der Waals surface area contributed by atoms with Crippen molar-refractivity contribution in [1.82, 2.24) is 9.97 Å². The Bertz CT molecular complexity index is 312. The van der Waals surface area contributed by atoms with Gasteiger partial charge in [0.15, 0.2) is 0 Å². The Kier molecular flexibility index (Phi) is 2.88. The molecule has 0 bridgehead atoms. The van der Waals surface area contributed by atoms with Gasteiger partial charge in [0.2, 0.25) is 5.95 Å². The Morgan fingerprint density at radius 1 is 1.38 bits per heavy atom. The molecule has 1 aromatic heterocycles. The highest BCUT2D eigenvalue weighted by Crippen LogP contribution is 2.20. The maximum Gasteiger partial charge on any atom is 0.226 e. The quantitative estimate of drug-likeness (QED) is 0.589. The summed E-state index contributed by atoms with van der Waals surface area (Å²) >= 11 is 8.04. The van der Waals surface area contributed by atoms with Crippen LogP contribution in [0.3, 0.4) is 0 Å². The van der Waals surface area contributed by atoms with Gasteiger partial charge in [-0.05, 0) is 35.4 Å². The molecule has 1 saturated heterocycles. The summed E-state index contributed by atoms with van der Waals surface area (Å²) < 4.78 is 0.905. The molecule has 13 heavy (non-hydrogen) atoms. The summed E-state index contributed by atoms with van der Waals surface area (Å²) in [5, 5.41) is 0.553. The third kappa shape index (κ3) is 2.04. The predicted molar refractivity (Wildman–Crippen MR) is 61.2 cm³/mol. The molecule has 0 spiro atoms. The van der Waals surface area contributed by atoms with Gasteiger partial charge < -0.3 is 4.90 Å². The number of hydrogen-bond acceptors (Lipinski definition) is 3. The van der Waals surface area contributed by atoms with E-state index in [2.05, 4.69) is 37.5 Å². The SMILES string of the molecule is Clc1nc(N2CCCC2)ncc1I. The highest BCUT2D eigenvalue weighted by molar-refractivity contribution is 14.1. The van der Waals surface area contributed by atoms with Crippen molar-refractivity contribution in [2.75, 3.05) is 18.0 Å². The van der Waals surface area contributed by atoms with Crippen LogP contribution in [0.15, 0.2) is 6.20 Å². The van der Waals surface area contributed by atoms with E-state index in [0.29, 0.717) is 5.15 Å². The van der Waals surface area contributed by atoms with Crippen LogP contribution >= 0.6 is 34.2 Å². The zero-order valence-corrected chi connectivity index (χ0v) is 9.92. The summed E-state index contributed by atoms with van der Waals surface area (Å²) in [7, 11) is 0. The molecule has 1 aliphatic rings. The molecular formula is C8H9ClIN3. The molecule has 2 heterocycles. The molecule has 2 rings (SSSR count). The van der Waals surface area contributed by atoms with Crippen LogP contribution in [-0.4, -0.2) is 23.1 Å². The number of rotatable bonds is 1. The van der Waals surface area contributed by atoms with Gasteiger partial charge in [-0.2, -0.15) is 4.98 Å². The molecule has 70 valence electrons. The van der Waals surface area contributed by atoms with Crippen molar-refractivity contribution in [1.29, 1.82) is 0 Å². The average Bonchev–Trinajstić information content (AvgIpc) is 2.62. The molecule has 0 aromatic carbocycles. The second-order valence-corrected chi connectivity index (χ2v) is 4.52. The largest absolute Gasteiger partial charge is 0.341 e. The highest BCUT2D eigenvalue weighted by atomic mass is 127. The minimum Gasteiger partial charge on any atom is -0.341 e. The number of nitrogens with zero attached hydrogens (tertiary/aromatic N) is 3. The van der Waals surface area contributed by atoms with Crippen LogP contribution in [0.4, 0.5) is 5.95 Å². The average molecular weight is 310 g/mol. The second kappa shape index (κ2) is 3.96. The van der Waals surface area contributed by atoms with Crippen LogP contribution in [0.2, 0.25) is 5.15 Å². The Hall–Kier alpha value is -0.100. The molecule has 1 aliphatic heterocycles. The first-order valence-electron chi connectivity index (χ1n) is 4.20. The Morgan fingerprint density at radius 3 is 2.69 bits per heavy atom. The molecule has 0 saturated carbocycles. The third-order valence-electron chi connectivity index (χ3n) is 2.08. The Labute approximate surface area is 95.6 Å². The number of anilines is 1. The summed E-state index contributed by atoms with van der Waals surface area (Å²) in [5.41, 5.74) is 0. The zero-order chi connectivity index (χ0) is 9.26. The normalized spacial score (nSPS) is 16.6. The van der Waals surface area contributed by atoms with E-state index in [1.807, 2.05) is 0 Å². The summed E-state index contributed by atoms with van der Waals surface area (Å²) in [5.74, 6) is 0.767. The van der Waals surface area contributed by atoms with Crippen molar-refractivity contribution in [3.63, 3.8) is 0 Å². The van der Waals surface area contributed by atoms with E-state index < -0.39 is 0 Å². The molecule has 5 heteroatoms. The summed E-state index contributed by atoms with van der Waals surface area (Å²) in [6, 6.07) is 0. The standard InChI is InChI=1S/C8H9ClIN3/c9-7-6(10)5-11-8(12-7)13-3-1-2-4-13/h5H,1-4H2. The van der Waals surface area contributed by atoms with Crippen molar-refractivity contribution < 1.29 is 0 Å². The van der Waals surface area contributed by atoms with Crippen LogP contribution < -0.4 is 4.90 Å². The molecule has 0 unspecified atom stereocenters. The lowest BCUT2D eigenvalue weighted by molar-refractivity contribution is 0.896. The van der Waals surface area contributed by atoms with Gasteiger partial charge in [-0.3, -0.25) is 0 Å². The van der Waals surface area contributed by atoms with Crippen molar-refractivity contribution in [2.24, 2.45) is 0 Å². The molecule has 0 N–H and O–H groups in total.